The van der Waals surface area contributed by atoms with Gasteiger partial charge in [-0.2, -0.15) is 0 Å². The Morgan fingerprint density at radius 1 is 1.67 bits per heavy atom. The molecule has 0 radical (unpaired) electrons. The van der Waals surface area contributed by atoms with E-state index >= 15 is 0 Å². The second-order valence-corrected chi connectivity index (χ2v) is 3.10. The fourth-order valence-electron chi connectivity index (χ4n) is 0.732. The Hall–Kier alpha value is -1.00. The minimum Gasteiger partial charge on any atom is -0.330 e. The molecule has 4 heteroatoms. The van der Waals surface area contributed by atoms with E-state index in [0.717, 1.165) is 18.4 Å². The maximum Gasteiger partial charge on any atom is 0.178 e. The number of thiazole rings is 1. The van der Waals surface area contributed by atoms with Crippen LogP contribution in [0.2, 0.25) is 0 Å². The van der Waals surface area contributed by atoms with Crippen molar-refractivity contribution in [1.29, 1.82) is 0 Å². The number of rotatable bonds is 4. The molecule has 0 saturated carbocycles. The molecule has 0 fully saturated rings. The van der Waals surface area contributed by atoms with Gasteiger partial charge in [-0.3, -0.25) is 4.79 Å². The molecule has 0 aliphatic rings. The maximum atomic E-state index is 10.3. The summed E-state index contributed by atoms with van der Waals surface area (Å²) in [6, 6.07) is 0. The van der Waals surface area contributed by atoms with Crippen molar-refractivity contribution in [2.24, 2.45) is 5.73 Å². The zero-order chi connectivity index (χ0) is 8.81. The highest BCUT2D eigenvalue weighted by Crippen LogP contribution is 2.08. The monoisotopic (exact) mass is 182 g/mol. The van der Waals surface area contributed by atoms with Crippen molar-refractivity contribution < 1.29 is 4.79 Å². The topological polar surface area (TPSA) is 56.0 Å². The number of hydrogen-bond donors (Lipinski definition) is 1. The van der Waals surface area contributed by atoms with Crippen molar-refractivity contribution in [2.45, 2.75) is 6.42 Å². The molecule has 0 aromatic carbocycles. The number of nitrogens with two attached hydrogens (primary N) is 1. The molecule has 0 unspecified atom stereocenters. The van der Waals surface area contributed by atoms with Crippen LogP contribution in [0.15, 0.2) is 11.5 Å². The number of aromatic nitrogens is 1. The summed E-state index contributed by atoms with van der Waals surface area (Å²) in [6.45, 7) is 0.640. The van der Waals surface area contributed by atoms with Crippen LogP contribution in [-0.2, 0) is 0 Å². The van der Waals surface area contributed by atoms with Crippen LogP contribution in [0, 0.1) is 0 Å². The van der Waals surface area contributed by atoms with Crippen LogP contribution < -0.4 is 5.73 Å². The van der Waals surface area contributed by atoms with Crippen molar-refractivity contribution in [3.63, 3.8) is 0 Å². The summed E-state index contributed by atoms with van der Waals surface area (Å²) in [5, 5.41) is 2.36. The van der Waals surface area contributed by atoms with Crippen LogP contribution in [0.3, 0.4) is 0 Å². The van der Waals surface area contributed by atoms with E-state index in [4.69, 9.17) is 5.73 Å². The van der Waals surface area contributed by atoms with Crippen LogP contribution in [0.25, 0.3) is 6.08 Å². The zero-order valence-corrected chi connectivity index (χ0v) is 7.38. The molecular weight excluding hydrogens is 172 g/mol. The number of aldehydes is 1. The predicted octanol–water partition coefficient (Wildman–Crippen LogP) is 1.32. The summed E-state index contributed by atoms with van der Waals surface area (Å²) in [5.41, 5.74) is 6.13. The average Bonchev–Trinajstić information content (AvgIpc) is 2.53. The molecule has 1 aromatic heterocycles. The van der Waals surface area contributed by atoms with Gasteiger partial charge in [-0.25, -0.2) is 4.98 Å². The molecule has 3 nitrogen and oxygen atoms in total. The largest absolute Gasteiger partial charge is 0.330 e. The lowest BCUT2D eigenvalue weighted by molar-refractivity contribution is 0.112. The Morgan fingerprint density at radius 2 is 2.50 bits per heavy atom. The fourth-order valence-corrected chi connectivity index (χ4v) is 1.32. The maximum absolute atomic E-state index is 10.3. The fraction of sp³-hybridized carbons (Fsp3) is 0.250. The molecule has 0 atom stereocenters. The molecule has 1 heterocycles. The van der Waals surface area contributed by atoms with Gasteiger partial charge in [0.25, 0.3) is 0 Å². The summed E-state index contributed by atoms with van der Waals surface area (Å²) in [6.07, 6.45) is 5.42. The smallest absolute Gasteiger partial charge is 0.178 e. The average molecular weight is 182 g/mol. The molecule has 0 saturated heterocycles. The first-order valence-electron chi connectivity index (χ1n) is 3.64. The van der Waals surface area contributed by atoms with E-state index in [1.807, 2.05) is 17.5 Å². The van der Waals surface area contributed by atoms with E-state index in [-0.39, 0.29) is 0 Å². The SMILES string of the molecule is NCCC=Cc1csc(C=O)n1. The van der Waals surface area contributed by atoms with Gasteiger partial charge in [0.2, 0.25) is 0 Å². The molecule has 0 spiro atoms. The van der Waals surface area contributed by atoms with E-state index in [9.17, 15) is 4.79 Å². The lowest BCUT2D eigenvalue weighted by Gasteiger charge is -1.83. The Bertz CT molecular complexity index is 280. The van der Waals surface area contributed by atoms with E-state index < -0.39 is 0 Å². The van der Waals surface area contributed by atoms with E-state index in [1.165, 1.54) is 11.3 Å². The van der Waals surface area contributed by atoms with Crippen molar-refractivity contribution in [2.75, 3.05) is 6.54 Å². The number of carbonyl (C=O) groups excluding carboxylic acids is 1. The summed E-state index contributed by atoms with van der Waals surface area (Å²) in [5.74, 6) is 0. The van der Waals surface area contributed by atoms with E-state index in [2.05, 4.69) is 4.98 Å². The van der Waals surface area contributed by atoms with Crippen molar-refractivity contribution in [3.8, 4) is 0 Å². The molecular formula is C8H10N2OS. The number of nitrogens with zero attached hydrogens (tertiary/aromatic N) is 1. The van der Waals surface area contributed by atoms with Crippen molar-refractivity contribution >= 4 is 23.7 Å². The third kappa shape index (κ3) is 2.56. The van der Waals surface area contributed by atoms with Gasteiger partial charge in [-0.15, -0.1) is 11.3 Å². The standard InChI is InChI=1S/C8H10N2OS/c9-4-2-1-3-7-6-12-8(5-11)10-7/h1,3,5-6H,2,4,9H2. The second kappa shape index (κ2) is 4.79. The van der Waals surface area contributed by atoms with Gasteiger partial charge in [0.15, 0.2) is 11.3 Å². The number of hydrogen-bond acceptors (Lipinski definition) is 4. The summed E-state index contributed by atoms with van der Waals surface area (Å²) < 4.78 is 0. The second-order valence-electron chi connectivity index (χ2n) is 2.21. The molecule has 64 valence electrons. The van der Waals surface area contributed by atoms with Gasteiger partial charge >= 0.3 is 0 Å². The van der Waals surface area contributed by atoms with Gasteiger partial charge in [0.1, 0.15) is 0 Å². The quantitative estimate of drug-likeness (QED) is 0.714. The van der Waals surface area contributed by atoms with Gasteiger partial charge in [0, 0.05) is 5.38 Å². The van der Waals surface area contributed by atoms with Crippen LogP contribution in [0.5, 0.6) is 0 Å². The van der Waals surface area contributed by atoms with Crippen LogP contribution >= 0.6 is 11.3 Å². The minimum absolute atomic E-state index is 0.516. The van der Waals surface area contributed by atoms with Crippen LogP contribution in [-0.4, -0.2) is 17.8 Å². The Balaban J connectivity index is 2.57. The first-order valence-corrected chi connectivity index (χ1v) is 4.52. The predicted molar refractivity (Wildman–Crippen MR) is 50.2 cm³/mol. The van der Waals surface area contributed by atoms with Crippen LogP contribution in [0.1, 0.15) is 21.9 Å². The molecule has 1 rings (SSSR count). The zero-order valence-electron chi connectivity index (χ0n) is 6.56. The minimum atomic E-state index is 0.516. The van der Waals surface area contributed by atoms with E-state index in [1.54, 1.807) is 0 Å². The van der Waals surface area contributed by atoms with E-state index in [0.29, 0.717) is 11.6 Å². The first-order chi connectivity index (χ1) is 5.86. The van der Waals surface area contributed by atoms with Crippen LogP contribution in [0.4, 0.5) is 0 Å². The lowest BCUT2D eigenvalue weighted by atomic mass is 10.3. The Labute approximate surface area is 74.9 Å². The van der Waals surface area contributed by atoms with Gasteiger partial charge in [-0.1, -0.05) is 6.08 Å². The molecule has 2 N–H and O–H groups in total. The number of carbonyl (C=O) groups is 1. The van der Waals surface area contributed by atoms with Crippen molar-refractivity contribution in [3.05, 3.63) is 22.2 Å². The van der Waals surface area contributed by atoms with Gasteiger partial charge < -0.3 is 5.73 Å². The third-order valence-corrected chi connectivity index (χ3v) is 2.05. The molecule has 0 aliphatic heterocycles. The summed E-state index contributed by atoms with van der Waals surface area (Å²) >= 11 is 1.35. The molecule has 0 aliphatic carbocycles. The molecule has 12 heavy (non-hydrogen) atoms. The summed E-state index contributed by atoms with van der Waals surface area (Å²) in [4.78, 5) is 14.3. The highest BCUT2D eigenvalue weighted by molar-refractivity contribution is 7.11. The molecule has 1 aromatic rings. The molecule has 0 bridgehead atoms. The first kappa shape index (κ1) is 9.09. The van der Waals surface area contributed by atoms with Gasteiger partial charge in [-0.05, 0) is 19.0 Å². The lowest BCUT2D eigenvalue weighted by Crippen LogP contribution is -1.94. The van der Waals surface area contributed by atoms with Gasteiger partial charge in [0.05, 0.1) is 5.69 Å². The normalized spacial score (nSPS) is 10.8. The molecule has 0 amide bonds. The highest BCUT2D eigenvalue weighted by atomic mass is 32.1. The summed E-state index contributed by atoms with van der Waals surface area (Å²) in [7, 11) is 0. The third-order valence-electron chi connectivity index (χ3n) is 1.26. The van der Waals surface area contributed by atoms with Crippen molar-refractivity contribution in [1.82, 2.24) is 4.98 Å². The highest BCUT2D eigenvalue weighted by Gasteiger charge is 1.95. The Kier molecular flexibility index (Phi) is 3.63. The Morgan fingerprint density at radius 3 is 3.08 bits per heavy atom.